The van der Waals surface area contributed by atoms with E-state index in [-0.39, 0.29) is 21.6 Å². The number of alkyl halides is 2. The van der Waals surface area contributed by atoms with Crippen molar-refractivity contribution in [3.05, 3.63) is 45.2 Å². The summed E-state index contributed by atoms with van der Waals surface area (Å²) in [6, 6.07) is 3.67. The molecule has 0 atom stereocenters. The van der Waals surface area contributed by atoms with E-state index in [1.54, 1.807) is 0 Å². The van der Waals surface area contributed by atoms with Crippen LogP contribution in [0.1, 0.15) is 27.4 Å². The fraction of sp³-hybridized carbons (Fsp3) is 0.167. The highest BCUT2D eigenvalue weighted by atomic mass is 35.5. The number of aromatic nitrogens is 1. The largest absolute Gasteiger partial charge is 0.375 e. The molecule has 0 aliphatic carbocycles. The van der Waals surface area contributed by atoms with Crippen molar-refractivity contribution in [1.82, 2.24) is 10.3 Å². The molecule has 1 aromatic heterocycles. The van der Waals surface area contributed by atoms with E-state index in [2.05, 4.69) is 10.3 Å². The number of nitrogens with one attached hydrogen (secondary N) is 1. The molecule has 9 heteroatoms. The quantitative estimate of drug-likeness (QED) is 0.900. The number of nitrogens with two attached hydrogens (primary N) is 1. The smallest absolute Gasteiger partial charge is 0.282 e. The lowest BCUT2D eigenvalue weighted by Crippen LogP contribution is -2.23. The third-order valence-electron chi connectivity index (χ3n) is 2.54. The maximum absolute atomic E-state index is 12.9. The van der Waals surface area contributed by atoms with E-state index < -0.39 is 23.8 Å². The van der Waals surface area contributed by atoms with Crippen LogP contribution in [0.15, 0.2) is 18.2 Å². The lowest BCUT2D eigenvalue weighted by molar-refractivity contribution is 0.0940. The van der Waals surface area contributed by atoms with E-state index in [4.69, 9.17) is 17.3 Å². The van der Waals surface area contributed by atoms with Gasteiger partial charge in [-0.15, -0.1) is 0 Å². The van der Waals surface area contributed by atoms with Crippen molar-refractivity contribution in [3.63, 3.8) is 0 Å². The molecular weight excluding hydrogens is 327 g/mol. The summed E-state index contributed by atoms with van der Waals surface area (Å²) >= 11 is 6.48. The number of thiazole rings is 1. The molecule has 1 heterocycles. The predicted octanol–water partition coefficient (Wildman–Crippen LogP) is 3.39. The van der Waals surface area contributed by atoms with Gasteiger partial charge in [0.15, 0.2) is 5.13 Å². The predicted molar refractivity (Wildman–Crippen MR) is 74.1 cm³/mol. The van der Waals surface area contributed by atoms with Crippen molar-refractivity contribution in [3.8, 4) is 0 Å². The van der Waals surface area contributed by atoms with Crippen LogP contribution in [-0.2, 0) is 6.54 Å². The van der Waals surface area contributed by atoms with Crippen molar-refractivity contribution in [2.75, 3.05) is 5.73 Å². The summed E-state index contributed by atoms with van der Waals surface area (Å²) in [5, 5.41) is 2.44. The van der Waals surface area contributed by atoms with Gasteiger partial charge in [-0.05, 0) is 17.7 Å². The molecule has 4 nitrogen and oxygen atoms in total. The number of halogens is 4. The molecule has 21 heavy (non-hydrogen) atoms. The summed E-state index contributed by atoms with van der Waals surface area (Å²) in [4.78, 5) is 15.1. The topological polar surface area (TPSA) is 68.0 Å². The zero-order chi connectivity index (χ0) is 15.6. The van der Waals surface area contributed by atoms with Gasteiger partial charge >= 0.3 is 0 Å². The molecule has 1 aromatic carbocycles. The first-order valence-electron chi connectivity index (χ1n) is 5.65. The molecule has 1 amide bonds. The molecule has 0 radical (unpaired) electrons. The van der Waals surface area contributed by atoms with Crippen LogP contribution in [0, 0.1) is 5.82 Å². The zero-order valence-corrected chi connectivity index (χ0v) is 11.9. The van der Waals surface area contributed by atoms with Crippen molar-refractivity contribution >= 4 is 34.0 Å². The fourth-order valence-corrected chi connectivity index (χ4v) is 2.57. The van der Waals surface area contributed by atoms with Gasteiger partial charge in [0.2, 0.25) is 0 Å². The van der Waals surface area contributed by atoms with Gasteiger partial charge in [0.25, 0.3) is 12.3 Å². The first kappa shape index (κ1) is 15.6. The van der Waals surface area contributed by atoms with Crippen LogP contribution in [0.2, 0.25) is 5.02 Å². The number of anilines is 1. The van der Waals surface area contributed by atoms with Gasteiger partial charge in [-0.3, -0.25) is 4.79 Å². The standard InChI is InChI=1S/C12H9ClF3N3OS/c13-7-3-6(14)2-1-5(7)4-18-11(20)9-8(10(15)16)19-12(17)21-9/h1-3,10H,4H2,(H2,17,19)(H,18,20). The Bertz CT molecular complexity index is 678. The van der Waals surface area contributed by atoms with Crippen LogP contribution in [-0.4, -0.2) is 10.9 Å². The van der Waals surface area contributed by atoms with Crippen LogP contribution in [0.4, 0.5) is 18.3 Å². The molecule has 2 rings (SSSR count). The maximum Gasteiger partial charge on any atom is 0.282 e. The molecular formula is C12H9ClF3N3OS. The lowest BCUT2D eigenvalue weighted by Gasteiger charge is -2.07. The minimum Gasteiger partial charge on any atom is -0.375 e. The Balaban J connectivity index is 2.12. The van der Waals surface area contributed by atoms with Gasteiger partial charge < -0.3 is 11.1 Å². The molecule has 0 saturated heterocycles. The van der Waals surface area contributed by atoms with Crippen molar-refractivity contribution in [1.29, 1.82) is 0 Å². The molecule has 0 bridgehead atoms. The van der Waals surface area contributed by atoms with Crippen LogP contribution in [0.3, 0.4) is 0 Å². The van der Waals surface area contributed by atoms with Crippen LogP contribution in [0.5, 0.6) is 0 Å². The molecule has 0 saturated carbocycles. The molecule has 112 valence electrons. The highest BCUT2D eigenvalue weighted by Crippen LogP contribution is 2.28. The third kappa shape index (κ3) is 3.64. The highest BCUT2D eigenvalue weighted by molar-refractivity contribution is 7.17. The Morgan fingerprint density at radius 2 is 2.19 bits per heavy atom. The number of carbonyl (C=O) groups is 1. The van der Waals surface area contributed by atoms with Crippen molar-refractivity contribution in [2.45, 2.75) is 13.0 Å². The summed E-state index contributed by atoms with van der Waals surface area (Å²) in [7, 11) is 0. The van der Waals surface area contributed by atoms with E-state index in [0.29, 0.717) is 16.9 Å². The van der Waals surface area contributed by atoms with E-state index in [0.717, 1.165) is 6.07 Å². The SMILES string of the molecule is Nc1nc(C(F)F)c(C(=O)NCc2ccc(F)cc2Cl)s1. The monoisotopic (exact) mass is 335 g/mol. The Labute approximate surface area is 126 Å². The highest BCUT2D eigenvalue weighted by Gasteiger charge is 2.23. The number of rotatable bonds is 4. The van der Waals surface area contributed by atoms with Gasteiger partial charge in [-0.25, -0.2) is 18.2 Å². The van der Waals surface area contributed by atoms with Gasteiger partial charge in [0.1, 0.15) is 16.4 Å². The molecule has 0 spiro atoms. The third-order valence-corrected chi connectivity index (χ3v) is 3.79. The summed E-state index contributed by atoms with van der Waals surface area (Å²) in [6.07, 6.45) is -2.89. The second kappa shape index (κ2) is 6.31. The van der Waals surface area contributed by atoms with Gasteiger partial charge in [-0.2, -0.15) is 0 Å². The number of amides is 1. The molecule has 0 aliphatic rings. The van der Waals surface area contributed by atoms with Gasteiger partial charge in [-0.1, -0.05) is 29.0 Å². The first-order chi connectivity index (χ1) is 9.88. The van der Waals surface area contributed by atoms with E-state index in [9.17, 15) is 18.0 Å². The Hall–Kier alpha value is -1.80. The van der Waals surface area contributed by atoms with E-state index >= 15 is 0 Å². The Morgan fingerprint density at radius 3 is 2.81 bits per heavy atom. The normalized spacial score (nSPS) is 10.9. The van der Waals surface area contributed by atoms with Crippen LogP contribution < -0.4 is 11.1 Å². The minimum atomic E-state index is -2.89. The van der Waals surface area contributed by atoms with Crippen molar-refractivity contribution in [2.24, 2.45) is 0 Å². The van der Waals surface area contributed by atoms with E-state index in [1.165, 1.54) is 12.1 Å². The fourth-order valence-electron chi connectivity index (χ4n) is 1.58. The molecule has 0 aliphatic heterocycles. The number of carbonyl (C=O) groups excluding carboxylic acids is 1. The summed E-state index contributed by atoms with van der Waals surface area (Å²) in [5.74, 6) is -1.25. The number of hydrogen-bond donors (Lipinski definition) is 2. The van der Waals surface area contributed by atoms with Crippen LogP contribution >= 0.6 is 22.9 Å². The van der Waals surface area contributed by atoms with Gasteiger partial charge in [0, 0.05) is 11.6 Å². The number of hydrogen-bond acceptors (Lipinski definition) is 4. The summed E-state index contributed by atoms with van der Waals surface area (Å²) in [6.45, 7) is -0.0293. The molecule has 2 aromatic rings. The van der Waals surface area contributed by atoms with Crippen molar-refractivity contribution < 1.29 is 18.0 Å². The number of nitrogens with zero attached hydrogens (tertiary/aromatic N) is 1. The van der Waals surface area contributed by atoms with E-state index in [1.807, 2.05) is 0 Å². The minimum absolute atomic E-state index is 0.0293. The maximum atomic E-state index is 12.9. The average Bonchev–Trinajstić information content (AvgIpc) is 2.80. The molecule has 0 fully saturated rings. The lowest BCUT2D eigenvalue weighted by atomic mass is 10.2. The molecule has 0 unspecified atom stereocenters. The Kier molecular flexibility index (Phi) is 4.69. The summed E-state index contributed by atoms with van der Waals surface area (Å²) < 4.78 is 38.3. The van der Waals surface area contributed by atoms with Crippen LogP contribution in [0.25, 0.3) is 0 Å². The molecule has 3 N–H and O–H groups in total. The second-order valence-corrected chi connectivity index (χ2v) is 5.42. The van der Waals surface area contributed by atoms with Gasteiger partial charge in [0.05, 0.1) is 0 Å². The Morgan fingerprint density at radius 1 is 1.48 bits per heavy atom. The average molecular weight is 336 g/mol. The number of nitrogen functional groups attached to an aromatic ring is 1. The zero-order valence-electron chi connectivity index (χ0n) is 10.4. The first-order valence-corrected chi connectivity index (χ1v) is 6.84. The number of benzene rings is 1. The second-order valence-electron chi connectivity index (χ2n) is 3.99. The summed E-state index contributed by atoms with van der Waals surface area (Å²) in [5.41, 5.74) is 5.14.